The SMILES string of the molecule is COC1CCN(Cc2ccc(CN)s2)C1. The van der Waals surface area contributed by atoms with Gasteiger partial charge in [0, 0.05) is 43.0 Å². The minimum Gasteiger partial charge on any atom is -0.380 e. The lowest BCUT2D eigenvalue weighted by molar-refractivity contribution is 0.107. The predicted octanol–water partition coefficient (Wildman–Crippen LogP) is 1.43. The van der Waals surface area contributed by atoms with Crippen molar-refractivity contribution in [2.45, 2.75) is 25.6 Å². The van der Waals surface area contributed by atoms with Crippen molar-refractivity contribution in [3.05, 3.63) is 21.9 Å². The molecule has 1 unspecified atom stereocenters. The third-order valence-electron chi connectivity index (χ3n) is 2.86. The first-order chi connectivity index (χ1) is 7.31. The van der Waals surface area contributed by atoms with Crippen LogP contribution in [0.3, 0.4) is 0 Å². The maximum Gasteiger partial charge on any atom is 0.0710 e. The Morgan fingerprint density at radius 1 is 1.53 bits per heavy atom. The summed E-state index contributed by atoms with van der Waals surface area (Å²) in [7, 11) is 1.80. The normalized spacial score (nSPS) is 22.4. The van der Waals surface area contributed by atoms with Gasteiger partial charge in [-0.25, -0.2) is 0 Å². The molecule has 3 nitrogen and oxygen atoms in total. The van der Waals surface area contributed by atoms with Gasteiger partial charge in [0.15, 0.2) is 0 Å². The second-order valence-corrected chi connectivity index (χ2v) is 5.21. The average Bonchev–Trinajstić information content (AvgIpc) is 2.87. The Hall–Kier alpha value is -0.420. The zero-order valence-corrected chi connectivity index (χ0v) is 9.93. The third-order valence-corrected chi connectivity index (χ3v) is 3.95. The van der Waals surface area contributed by atoms with E-state index in [1.807, 2.05) is 11.3 Å². The Balaban J connectivity index is 1.87. The van der Waals surface area contributed by atoms with Crippen molar-refractivity contribution in [2.75, 3.05) is 20.2 Å². The number of thiophene rings is 1. The number of methoxy groups -OCH3 is 1. The summed E-state index contributed by atoms with van der Waals surface area (Å²) in [5, 5.41) is 0. The molecule has 2 N–H and O–H groups in total. The van der Waals surface area contributed by atoms with Gasteiger partial charge in [-0.05, 0) is 18.6 Å². The van der Waals surface area contributed by atoms with Crippen LogP contribution < -0.4 is 5.73 Å². The third kappa shape index (κ3) is 2.78. The molecule has 1 aromatic rings. The van der Waals surface area contributed by atoms with Crippen LogP contribution in [0.1, 0.15) is 16.2 Å². The van der Waals surface area contributed by atoms with Crippen LogP contribution in [0, 0.1) is 0 Å². The maximum atomic E-state index is 5.59. The summed E-state index contributed by atoms with van der Waals surface area (Å²) < 4.78 is 5.35. The van der Waals surface area contributed by atoms with Gasteiger partial charge < -0.3 is 10.5 Å². The second-order valence-electron chi connectivity index (χ2n) is 3.95. The van der Waals surface area contributed by atoms with E-state index in [1.54, 1.807) is 7.11 Å². The number of rotatable bonds is 4. The Bertz CT molecular complexity index is 313. The van der Waals surface area contributed by atoms with Gasteiger partial charge in [0.2, 0.25) is 0 Å². The highest BCUT2D eigenvalue weighted by atomic mass is 32.1. The predicted molar refractivity (Wildman–Crippen MR) is 62.9 cm³/mol. The molecule has 1 aliphatic rings. The fourth-order valence-corrected chi connectivity index (χ4v) is 2.91. The van der Waals surface area contributed by atoms with Gasteiger partial charge in [0.05, 0.1) is 6.10 Å². The van der Waals surface area contributed by atoms with E-state index in [0.717, 1.165) is 26.1 Å². The number of ether oxygens (including phenoxy) is 1. The Kier molecular flexibility index (Phi) is 3.75. The van der Waals surface area contributed by atoms with Crippen molar-refractivity contribution < 1.29 is 4.74 Å². The van der Waals surface area contributed by atoms with Crippen molar-refractivity contribution >= 4 is 11.3 Å². The summed E-state index contributed by atoms with van der Waals surface area (Å²) in [5.41, 5.74) is 5.59. The van der Waals surface area contributed by atoms with Crippen molar-refractivity contribution in [3.63, 3.8) is 0 Å². The van der Waals surface area contributed by atoms with E-state index in [4.69, 9.17) is 10.5 Å². The number of hydrogen-bond acceptors (Lipinski definition) is 4. The van der Waals surface area contributed by atoms with Gasteiger partial charge in [0.25, 0.3) is 0 Å². The van der Waals surface area contributed by atoms with Crippen LogP contribution in [0.2, 0.25) is 0 Å². The highest BCUT2D eigenvalue weighted by Gasteiger charge is 2.22. The molecule has 0 saturated carbocycles. The van der Waals surface area contributed by atoms with E-state index in [0.29, 0.717) is 12.6 Å². The largest absolute Gasteiger partial charge is 0.380 e. The molecule has 2 rings (SSSR count). The molecular formula is C11H18N2OS. The molecule has 0 bridgehead atoms. The molecule has 4 heteroatoms. The van der Waals surface area contributed by atoms with Crippen molar-refractivity contribution in [2.24, 2.45) is 5.73 Å². The Morgan fingerprint density at radius 3 is 2.93 bits per heavy atom. The lowest BCUT2D eigenvalue weighted by Gasteiger charge is -2.13. The molecule has 84 valence electrons. The fraction of sp³-hybridized carbons (Fsp3) is 0.636. The van der Waals surface area contributed by atoms with Crippen LogP contribution in [0.25, 0.3) is 0 Å². The fourth-order valence-electron chi connectivity index (χ4n) is 1.97. The molecule has 0 radical (unpaired) electrons. The van der Waals surface area contributed by atoms with Crippen LogP contribution in [0.4, 0.5) is 0 Å². The second kappa shape index (κ2) is 5.07. The molecule has 0 aromatic carbocycles. The van der Waals surface area contributed by atoms with Gasteiger partial charge in [-0.2, -0.15) is 0 Å². The summed E-state index contributed by atoms with van der Waals surface area (Å²) in [5.74, 6) is 0. The van der Waals surface area contributed by atoms with E-state index in [-0.39, 0.29) is 0 Å². The first-order valence-electron chi connectivity index (χ1n) is 5.34. The van der Waals surface area contributed by atoms with Crippen LogP contribution in [-0.4, -0.2) is 31.2 Å². The lowest BCUT2D eigenvalue weighted by Crippen LogP contribution is -2.21. The van der Waals surface area contributed by atoms with Gasteiger partial charge in [-0.1, -0.05) is 0 Å². The minimum absolute atomic E-state index is 0.430. The molecule has 15 heavy (non-hydrogen) atoms. The molecule has 0 amide bonds. The van der Waals surface area contributed by atoms with E-state index < -0.39 is 0 Å². The maximum absolute atomic E-state index is 5.59. The summed E-state index contributed by atoms with van der Waals surface area (Å²) >= 11 is 1.82. The molecule has 2 heterocycles. The van der Waals surface area contributed by atoms with Gasteiger partial charge >= 0.3 is 0 Å². The monoisotopic (exact) mass is 226 g/mol. The first-order valence-corrected chi connectivity index (χ1v) is 6.16. The highest BCUT2D eigenvalue weighted by Crippen LogP contribution is 2.20. The topological polar surface area (TPSA) is 38.5 Å². The zero-order valence-electron chi connectivity index (χ0n) is 9.11. The molecule has 1 fully saturated rings. The van der Waals surface area contributed by atoms with Crippen LogP contribution in [-0.2, 0) is 17.8 Å². The number of nitrogens with two attached hydrogens (primary N) is 1. The molecule has 1 atom stereocenters. The van der Waals surface area contributed by atoms with Gasteiger partial charge in [-0.15, -0.1) is 11.3 Å². The van der Waals surface area contributed by atoms with Crippen LogP contribution in [0.15, 0.2) is 12.1 Å². The van der Waals surface area contributed by atoms with E-state index in [2.05, 4.69) is 17.0 Å². The van der Waals surface area contributed by atoms with Gasteiger partial charge in [-0.3, -0.25) is 4.90 Å². The van der Waals surface area contributed by atoms with E-state index in [1.165, 1.54) is 9.75 Å². The number of likely N-dealkylation sites (tertiary alicyclic amines) is 1. The summed E-state index contributed by atoms with van der Waals surface area (Å²) in [4.78, 5) is 5.13. The van der Waals surface area contributed by atoms with Crippen molar-refractivity contribution in [1.82, 2.24) is 4.90 Å². The number of nitrogens with zero attached hydrogens (tertiary/aromatic N) is 1. The van der Waals surface area contributed by atoms with Gasteiger partial charge in [0.1, 0.15) is 0 Å². The van der Waals surface area contributed by atoms with Crippen molar-refractivity contribution in [1.29, 1.82) is 0 Å². The molecule has 1 aliphatic heterocycles. The van der Waals surface area contributed by atoms with E-state index >= 15 is 0 Å². The average molecular weight is 226 g/mol. The standard InChI is InChI=1S/C11H18N2OS/c1-14-9-4-5-13(7-9)8-11-3-2-10(6-12)15-11/h2-3,9H,4-8,12H2,1H3. The highest BCUT2D eigenvalue weighted by molar-refractivity contribution is 7.11. The smallest absolute Gasteiger partial charge is 0.0710 e. The lowest BCUT2D eigenvalue weighted by atomic mass is 10.3. The molecule has 0 spiro atoms. The van der Waals surface area contributed by atoms with E-state index in [9.17, 15) is 0 Å². The molecule has 1 aromatic heterocycles. The summed E-state index contributed by atoms with van der Waals surface area (Å²) in [6, 6.07) is 4.32. The van der Waals surface area contributed by atoms with Crippen LogP contribution >= 0.6 is 11.3 Å². The molecule has 1 saturated heterocycles. The minimum atomic E-state index is 0.430. The summed E-state index contributed by atoms with van der Waals surface area (Å²) in [6.07, 6.45) is 1.59. The number of hydrogen-bond donors (Lipinski definition) is 1. The van der Waals surface area contributed by atoms with Crippen molar-refractivity contribution in [3.8, 4) is 0 Å². The zero-order chi connectivity index (χ0) is 10.7. The molecular weight excluding hydrogens is 208 g/mol. The molecule has 0 aliphatic carbocycles. The van der Waals surface area contributed by atoms with Crippen LogP contribution in [0.5, 0.6) is 0 Å². The quantitative estimate of drug-likeness (QED) is 0.844. The Morgan fingerprint density at radius 2 is 2.33 bits per heavy atom. The Labute approximate surface area is 94.8 Å². The first kappa shape index (κ1) is 11.1. The summed E-state index contributed by atoms with van der Waals surface area (Å²) in [6.45, 7) is 3.91.